The number of carbonyl (C=O) groups is 2. The van der Waals surface area contributed by atoms with Crippen molar-refractivity contribution < 1.29 is 19.4 Å². The molecular formula is C20H38O4. The number of carbonyl (C=O) groups excluding carboxylic acids is 1. The normalized spacial score (nSPS) is 12.1. The van der Waals surface area contributed by atoms with Crippen molar-refractivity contribution in [2.45, 2.75) is 116 Å². The predicted molar refractivity (Wildman–Crippen MR) is 98.1 cm³/mol. The van der Waals surface area contributed by atoms with E-state index in [0.717, 1.165) is 32.1 Å². The smallest absolute Gasteiger partial charge is 0.307 e. The van der Waals surface area contributed by atoms with Crippen LogP contribution >= 0.6 is 0 Å². The second-order valence-corrected chi connectivity index (χ2v) is 6.78. The molecule has 0 aliphatic carbocycles. The zero-order valence-electron chi connectivity index (χ0n) is 15.9. The largest absolute Gasteiger partial charge is 0.481 e. The third-order valence-corrected chi connectivity index (χ3v) is 4.31. The summed E-state index contributed by atoms with van der Waals surface area (Å²) >= 11 is 0. The van der Waals surface area contributed by atoms with Crippen LogP contribution < -0.4 is 0 Å². The van der Waals surface area contributed by atoms with Crippen molar-refractivity contribution >= 4 is 11.9 Å². The zero-order valence-corrected chi connectivity index (χ0v) is 15.9. The molecule has 142 valence electrons. The van der Waals surface area contributed by atoms with Crippen molar-refractivity contribution in [2.24, 2.45) is 0 Å². The number of ether oxygens (including phenoxy) is 1. The summed E-state index contributed by atoms with van der Waals surface area (Å²) in [7, 11) is 0. The van der Waals surface area contributed by atoms with Gasteiger partial charge in [0.05, 0.1) is 6.42 Å². The highest BCUT2D eigenvalue weighted by molar-refractivity contribution is 5.71. The van der Waals surface area contributed by atoms with Gasteiger partial charge in [0.1, 0.15) is 6.10 Å². The minimum absolute atomic E-state index is 0.0762. The Balaban J connectivity index is 3.70. The molecule has 1 unspecified atom stereocenters. The van der Waals surface area contributed by atoms with E-state index in [1.807, 2.05) is 0 Å². The molecule has 0 bridgehead atoms. The second kappa shape index (κ2) is 16.8. The van der Waals surface area contributed by atoms with Gasteiger partial charge in [-0.1, -0.05) is 78.1 Å². The van der Waals surface area contributed by atoms with E-state index < -0.39 is 12.1 Å². The van der Waals surface area contributed by atoms with Crippen LogP contribution in [0.25, 0.3) is 0 Å². The maximum absolute atomic E-state index is 11.9. The minimum Gasteiger partial charge on any atom is -0.481 e. The van der Waals surface area contributed by atoms with Gasteiger partial charge in [-0.15, -0.1) is 0 Å². The molecule has 0 fully saturated rings. The third kappa shape index (κ3) is 15.8. The van der Waals surface area contributed by atoms with Crippen LogP contribution in [0.15, 0.2) is 0 Å². The lowest BCUT2D eigenvalue weighted by Crippen LogP contribution is -2.21. The van der Waals surface area contributed by atoms with Crippen molar-refractivity contribution in [3.8, 4) is 0 Å². The van der Waals surface area contributed by atoms with Gasteiger partial charge in [-0.05, 0) is 19.3 Å². The molecule has 0 amide bonds. The summed E-state index contributed by atoms with van der Waals surface area (Å²) in [6, 6.07) is 0. The number of hydrogen-bond acceptors (Lipinski definition) is 3. The molecule has 0 saturated heterocycles. The Kier molecular flexibility index (Phi) is 16.0. The van der Waals surface area contributed by atoms with Crippen LogP contribution in [0.2, 0.25) is 0 Å². The maximum atomic E-state index is 11.9. The summed E-state index contributed by atoms with van der Waals surface area (Å²) in [5.41, 5.74) is 0. The van der Waals surface area contributed by atoms with Gasteiger partial charge in [-0.2, -0.15) is 0 Å². The standard InChI is InChI=1S/C20H38O4/c1-3-5-7-8-9-10-11-12-14-16-20(23)24-18(17-19(21)22)15-13-6-4-2/h18H,3-17H2,1-2H3,(H,21,22). The first kappa shape index (κ1) is 22.9. The van der Waals surface area contributed by atoms with E-state index in [1.165, 1.54) is 44.9 Å². The fraction of sp³-hybridized carbons (Fsp3) is 0.900. The van der Waals surface area contributed by atoms with E-state index >= 15 is 0 Å². The first-order chi connectivity index (χ1) is 11.6. The number of hydrogen-bond donors (Lipinski definition) is 1. The number of aliphatic carboxylic acids is 1. The lowest BCUT2D eigenvalue weighted by atomic mass is 10.1. The Labute approximate surface area is 148 Å². The molecule has 0 saturated carbocycles. The van der Waals surface area contributed by atoms with Crippen LogP contribution in [0.5, 0.6) is 0 Å². The van der Waals surface area contributed by atoms with Crippen molar-refractivity contribution in [3.05, 3.63) is 0 Å². The molecule has 0 aliphatic heterocycles. The summed E-state index contributed by atoms with van der Waals surface area (Å²) in [5, 5.41) is 8.91. The maximum Gasteiger partial charge on any atom is 0.307 e. The quantitative estimate of drug-likeness (QED) is 0.265. The van der Waals surface area contributed by atoms with Gasteiger partial charge in [-0.3, -0.25) is 9.59 Å². The first-order valence-electron chi connectivity index (χ1n) is 10.0. The average Bonchev–Trinajstić information content (AvgIpc) is 2.53. The summed E-state index contributed by atoms with van der Waals surface area (Å²) in [6.07, 6.45) is 14.5. The first-order valence-corrected chi connectivity index (χ1v) is 10.0. The highest BCUT2D eigenvalue weighted by atomic mass is 16.5. The fourth-order valence-corrected chi connectivity index (χ4v) is 2.84. The van der Waals surface area contributed by atoms with Crippen molar-refractivity contribution in [3.63, 3.8) is 0 Å². The van der Waals surface area contributed by atoms with Crippen LogP contribution in [0, 0.1) is 0 Å². The molecular weight excluding hydrogens is 304 g/mol. The summed E-state index contributed by atoms with van der Waals surface area (Å²) in [5.74, 6) is -1.13. The molecule has 24 heavy (non-hydrogen) atoms. The molecule has 0 rings (SSSR count). The van der Waals surface area contributed by atoms with E-state index in [9.17, 15) is 9.59 Å². The van der Waals surface area contributed by atoms with Gasteiger partial charge < -0.3 is 9.84 Å². The lowest BCUT2D eigenvalue weighted by molar-refractivity contribution is -0.153. The molecule has 1 N–H and O–H groups in total. The van der Waals surface area contributed by atoms with Crippen LogP contribution in [0.3, 0.4) is 0 Å². The van der Waals surface area contributed by atoms with Crippen molar-refractivity contribution in [1.29, 1.82) is 0 Å². The Morgan fingerprint density at radius 2 is 1.29 bits per heavy atom. The Morgan fingerprint density at radius 3 is 1.83 bits per heavy atom. The monoisotopic (exact) mass is 342 g/mol. The number of unbranched alkanes of at least 4 members (excludes halogenated alkanes) is 10. The number of esters is 1. The minimum atomic E-state index is -0.896. The van der Waals surface area contributed by atoms with Gasteiger partial charge >= 0.3 is 11.9 Å². The number of rotatable bonds is 17. The van der Waals surface area contributed by atoms with Gasteiger partial charge in [0.25, 0.3) is 0 Å². The van der Waals surface area contributed by atoms with Gasteiger partial charge in [0.2, 0.25) is 0 Å². The molecule has 4 nitrogen and oxygen atoms in total. The van der Waals surface area contributed by atoms with Crippen LogP contribution in [-0.4, -0.2) is 23.1 Å². The molecule has 0 aromatic heterocycles. The van der Waals surface area contributed by atoms with Gasteiger partial charge in [0.15, 0.2) is 0 Å². The van der Waals surface area contributed by atoms with Crippen molar-refractivity contribution in [1.82, 2.24) is 0 Å². The average molecular weight is 343 g/mol. The summed E-state index contributed by atoms with van der Waals surface area (Å²) < 4.78 is 5.36. The fourth-order valence-electron chi connectivity index (χ4n) is 2.84. The number of carboxylic acids is 1. The van der Waals surface area contributed by atoms with Crippen LogP contribution in [-0.2, 0) is 14.3 Å². The van der Waals surface area contributed by atoms with E-state index in [0.29, 0.717) is 12.8 Å². The highest BCUT2D eigenvalue weighted by Crippen LogP contribution is 2.14. The van der Waals surface area contributed by atoms with Crippen LogP contribution in [0.1, 0.15) is 110 Å². The van der Waals surface area contributed by atoms with E-state index in [2.05, 4.69) is 13.8 Å². The Morgan fingerprint density at radius 1 is 0.792 bits per heavy atom. The predicted octanol–water partition coefficient (Wildman–Crippen LogP) is 5.87. The van der Waals surface area contributed by atoms with Crippen molar-refractivity contribution in [2.75, 3.05) is 0 Å². The number of carboxylic acid groups (broad SMARTS) is 1. The summed E-state index contributed by atoms with van der Waals surface area (Å²) in [6.45, 7) is 4.33. The molecule has 1 atom stereocenters. The van der Waals surface area contributed by atoms with E-state index in [-0.39, 0.29) is 12.4 Å². The van der Waals surface area contributed by atoms with Crippen LogP contribution in [0.4, 0.5) is 0 Å². The molecule has 0 aromatic rings. The third-order valence-electron chi connectivity index (χ3n) is 4.31. The second-order valence-electron chi connectivity index (χ2n) is 6.78. The lowest BCUT2D eigenvalue weighted by Gasteiger charge is -2.16. The zero-order chi connectivity index (χ0) is 18.0. The Bertz CT molecular complexity index is 315. The van der Waals surface area contributed by atoms with E-state index in [1.54, 1.807) is 0 Å². The Hall–Kier alpha value is -1.06. The molecule has 0 heterocycles. The SMILES string of the molecule is CCCCCCCCCCCC(=O)OC(CCCCC)CC(=O)O. The van der Waals surface area contributed by atoms with Gasteiger partial charge in [0, 0.05) is 6.42 Å². The summed E-state index contributed by atoms with van der Waals surface area (Å²) in [4.78, 5) is 22.7. The molecule has 0 spiro atoms. The highest BCUT2D eigenvalue weighted by Gasteiger charge is 2.17. The molecule has 0 aromatic carbocycles. The van der Waals surface area contributed by atoms with Gasteiger partial charge in [-0.25, -0.2) is 0 Å². The molecule has 0 radical (unpaired) electrons. The molecule has 0 aliphatic rings. The van der Waals surface area contributed by atoms with E-state index in [4.69, 9.17) is 9.84 Å². The topological polar surface area (TPSA) is 63.6 Å². The molecule has 4 heteroatoms.